The zero-order valence-corrected chi connectivity index (χ0v) is 16.5. The molecule has 1 amide bonds. The number of aliphatic hydroxyl groups is 1. The Morgan fingerprint density at radius 1 is 1.32 bits per heavy atom. The van der Waals surface area contributed by atoms with Crippen LogP contribution in [0.15, 0.2) is 24.3 Å². The topological polar surface area (TPSA) is 80.5 Å². The van der Waals surface area contributed by atoms with Crippen LogP contribution in [0.4, 0.5) is 8.78 Å². The number of aryl methyl sites for hydroxylation is 1. The van der Waals surface area contributed by atoms with Crippen LogP contribution in [-0.4, -0.2) is 57.0 Å². The summed E-state index contributed by atoms with van der Waals surface area (Å²) < 4.78 is 30.0. The van der Waals surface area contributed by atoms with Gasteiger partial charge in [-0.25, -0.2) is 8.78 Å². The molecule has 0 fully saturated rings. The molecule has 1 heterocycles. The van der Waals surface area contributed by atoms with Gasteiger partial charge in [0.15, 0.2) is 0 Å². The lowest BCUT2D eigenvalue weighted by Gasteiger charge is -2.22. The van der Waals surface area contributed by atoms with E-state index in [1.807, 2.05) is 6.92 Å². The lowest BCUT2D eigenvalue weighted by Crippen LogP contribution is -2.34. The molecule has 154 valence electrons. The van der Waals surface area contributed by atoms with Gasteiger partial charge in [0, 0.05) is 13.1 Å². The van der Waals surface area contributed by atoms with Crippen LogP contribution in [0.2, 0.25) is 0 Å². The molecule has 1 aromatic heterocycles. The number of rotatable bonds is 9. The number of benzene rings is 1. The number of ether oxygens (including phenoxy) is 1. The fourth-order valence-corrected chi connectivity index (χ4v) is 2.80. The zero-order valence-electron chi connectivity index (χ0n) is 16.5. The molecule has 9 heteroatoms. The first-order valence-electron chi connectivity index (χ1n) is 9.07. The van der Waals surface area contributed by atoms with Crippen molar-refractivity contribution in [3.05, 3.63) is 41.2 Å². The number of aromatic nitrogens is 3. The molecule has 1 aromatic carbocycles. The van der Waals surface area contributed by atoms with Crippen LogP contribution in [-0.2, 0) is 12.1 Å². The quantitative estimate of drug-likeness (QED) is 0.705. The summed E-state index contributed by atoms with van der Waals surface area (Å²) in [5, 5.41) is 18.7. The van der Waals surface area contributed by atoms with Gasteiger partial charge in [-0.15, -0.1) is 0 Å². The van der Waals surface area contributed by atoms with Crippen LogP contribution in [0.5, 0.6) is 5.75 Å². The number of para-hydroxylation sites is 1. The summed E-state index contributed by atoms with van der Waals surface area (Å²) in [5.41, 5.74) is 0.218. The first-order valence-corrected chi connectivity index (χ1v) is 9.07. The Balaban J connectivity index is 2.11. The molecular weight excluding hydrogens is 370 g/mol. The first kappa shape index (κ1) is 21.7. The first-order chi connectivity index (χ1) is 13.1. The maximum absolute atomic E-state index is 12.9. The van der Waals surface area contributed by atoms with Crippen molar-refractivity contribution < 1.29 is 23.4 Å². The summed E-state index contributed by atoms with van der Waals surface area (Å²) in [5.74, 6) is -0.192. The zero-order chi connectivity index (χ0) is 20.9. The number of carbonyl (C=O) groups excluding carboxylic acids is 1. The van der Waals surface area contributed by atoms with Gasteiger partial charge in [-0.2, -0.15) is 15.0 Å². The monoisotopic (exact) mass is 396 g/mol. The summed E-state index contributed by atoms with van der Waals surface area (Å²) in [6.45, 7) is 7.14. The third-order valence-electron chi connectivity index (χ3n) is 4.12. The fourth-order valence-electron chi connectivity index (χ4n) is 2.80. The van der Waals surface area contributed by atoms with E-state index < -0.39 is 18.6 Å². The SMILES string of the molecule is CCN(CCn1nc(C)c(C(C)(C)O)n1)C(=O)c1ccccc1OCC(F)F. The second-order valence-corrected chi connectivity index (χ2v) is 6.87. The highest BCUT2D eigenvalue weighted by Gasteiger charge is 2.24. The van der Waals surface area contributed by atoms with E-state index in [0.717, 1.165) is 0 Å². The van der Waals surface area contributed by atoms with Crippen LogP contribution in [0, 0.1) is 6.92 Å². The highest BCUT2D eigenvalue weighted by molar-refractivity contribution is 5.96. The van der Waals surface area contributed by atoms with E-state index in [0.29, 0.717) is 31.0 Å². The summed E-state index contributed by atoms with van der Waals surface area (Å²) in [4.78, 5) is 15.9. The largest absolute Gasteiger partial charge is 0.487 e. The molecule has 0 saturated heterocycles. The molecular formula is C19H26F2N4O3. The van der Waals surface area contributed by atoms with E-state index in [4.69, 9.17) is 4.74 Å². The highest BCUT2D eigenvalue weighted by atomic mass is 19.3. The lowest BCUT2D eigenvalue weighted by atomic mass is 10.0. The molecule has 2 rings (SSSR count). The number of likely N-dealkylation sites (N-methyl/N-ethyl adjacent to an activating group) is 1. The molecule has 0 aliphatic heterocycles. The Morgan fingerprint density at radius 3 is 2.57 bits per heavy atom. The van der Waals surface area contributed by atoms with Crippen LogP contribution in [0.1, 0.15) is 42.5 Å². The Kier molecular flexibility index (Phi) is 7.06. The maximum Gasteiger partial charge on any atom is 0.272 e. The minimum Gasteiger partial charge on any atom is -0.487 e. The predicted molar refractivity (Wildman–Crippen MR) is 99.5 cm³/mol. The molecule has 0 aliphatic rings. The second kappa shape index (κ2) is 9.09. The minimum atomic E-state index is -2.62. The number of hydrogen-bond acceptors (Lipinski definition) is 5. The molecule has 0 saturated carbocycles. The van der Waals surface area contributed by atoms with Crippen LogP contribution >= 0.6 is 0 Å². The Bertz CT molecular complexity index is 803. The van der Waals surface area contributed by atoms with Crippen molar-refractivity contribution >= 4 is 5.91 Å². The predicted octanol–water partition coefficient (Wildman–Crippen LogP) is 2.62. The van der Waals surface area contributed by atoms with E-state index in [1.54, 1.807) is 43.9 Å². The standard InChI is InChI=1S/C19H26F2N4O3/c1-5-24(10-11-25-22-13(2)17(23-25)19(3,4)27)18(26)14-8-6-7-9-15(14)28-12-16(20)21/h6-9,16,27H,5,10-12H2,1-4H3. The van der Waals surface area contributed by atoms with E-state index in [1.165, 1.54) is 10.9 Å². The molecule has 0 atom stereocenters. The third kappa shape index (κ3) is 5.48. The van der Waals surface area contributed by atoms with Gasteiger partial charge in [-0.05, 0) is 39.8 Å². The van der Waals surface area contributed by atoms with E-state index in [-0.39, 0.29) is 17.2 Å². The van der Waals surface area contributed by atoms with Gasteiger partial charge < -0.3 is 14.7 Å². The van der Waals surface area contributed by atoms with Crippen LogP contribution < -0.4 is 4.74 Å². The molecule has 0 unspecified atom stereocenters. The van der Waals surface area contributed by atoms with Crippen molar-refractivity contribution in [3.8, 4) is 5.75 Å². The molecule has 0 radical (unpaired) electrons. The van der Waals surface area contributed by atoms with Crippen LogP contribution in [0.25, 0.3) is 0 Å². The Hall–Kier alpha value is -2.55. The van der Waals surface area contributed by atoms with Crippen molar-refractivity contribution in [3.63, 3.8) is 0 Å². The van der Waals surface area contributed by atoms with E-state index >= 15 is 0 Å². The van der Waals surface area contributed by atoms with Gasteiger partial charge in [0.2, 0.25) is 0 Å². The normalized spacial score (nSPS) is 11.7. The van der Waals surface area contributed by atoms with Gasteiger partial charge in [0.1, 0.15) is 23.7 Å². The minimum absolute atomic E-state index is 0.128. The number of halogens is 2. The maximum atomic E-state index is 12.9. The van der Waals surface area contributed by atoms with Crippen molar-refractivity contribution in [2.45, 2.75) is 46.3 Å². The molecule has 0 aliphatic carbocycles. The Morgan fingerprint density at radius 2 is 2.00 bits per heavy atom. The van der Waals surface area contributed by atoms with Crippen LogP contribution in [0.3, 0.4) is 0 Å². The van der Waals surface area contributed by atoms with Crippen molar-refractivity contribution in [1.82, 2.24) is 19.9 Å². The molecule has 0 bridgehead atoms. The molecule has 2 aromatic rings. The molecule has 7 nitrogen and oxygen atoms in total. The number of alkyl halides is 2. The fraction of sp³-hybridized carbons (Fsp3) is 0.526. The van der Waals surface area contributed by atoms with Crippen molar-refractivity contribution in [2.75, 3.05) is 19.7 Å². The average molecular weight is 396 g/mol. The molecule has 1 N–H and O–H groups in total. The van der Waals surface area contributed by atoms with Gasteiger partial charge in [-0.3, -0.25) is 4.79 Å². The van der Waals surface area contributed by atoms with Crippen molar-refractivity contribution in [2.24, 2.45) is 0 Å². The number of amides is 1. The van der Waals surface area contributed by atoms with E-state index in [9.17, 15) is 18.7 Å². The molecule has 28 heavy (non-hydrogen) atoms. The van der Waals surface area contributed by atoms with Crippen molar-refractivity contribution in [1.29, 1.82) is 0 Å². The van der Waals surface area contributed by atoms with Gasteiger partial charge in [0.05, 0.1) is 17.8 Å². The average Bonchev–Trinajstić information content (AvgIpc) is 3.01. The smallest absolute Gasteiger partial charge is 0.272 e. The van der Waals surface area contributed by atoms with Gasteiger partial charge in [0.25, 0.3) is 12.3 Å². The third-order valence-corrected chi connectivity index (χ3v) is 4.12. The number of carbonyl (C=O) groups is 1. The number of nitrogens with zero attached hydrogens (tertiary/aromatic N) is 4. The second-order valence-electron chi connectivity index (χ2n) is 6.87. The summed E-state index contributed by atoms with van der Waals surface area (Å²) >= 11 is 0. The summed E-state index contributed by atoms with van der Waals surface area (Å²) in [6, 6.07) is 6.33. The summed E-state index contributed by atoms with van der Waals surface area (Å²) in [7, 11) is 0. The summed E-state index contributed by atoms with van der Waals surface area (Å²) in [6.07, 6.45) is -2.62. The number of hydrogen-bond donors (Lipinski definition) is 1. The lowest BCUT2D eigenvalue weighted by molar-refractivity contribution is 0.0697. The van der Waals surface area contributed by atoms with Gasteiger partial charge >= 0.3 is 0 Å². The highest BCUT2D eigenvalue weighted by Crippen LogP contribution is 2.21. The van der Waals surface area contributed by atoms with Gasteiger partial charge in [-0.1, -0.05) is 12.1 Å². The van der Waals surface area contributed by atoms with E-state index in [2.05, 4.69) is 10.2 Å². The Labute approximate surface area is 162 Å². The molecule has 0 spiro atoms.